The van der Waals surface area contributed by atoms with Gasteiger partial charge in [-0.1, -0.05) is 17.3 Å². The third-order valence-corrected chi connectivity index (χ3v) is 3.38. The lowest BCUT2D eigenvalue weighted by Gasteiger charge is -2.04. The Morgan fingerprint density at radius 2 is 2.33 bits per heavy atom. The molecule has 0 atom stereocenters. The smallest absolute Gasteiger partial charge is 0.122 e. The van der Waals surface area contributed by atoms with Crippen molar-refractivity contribution in [2.24, 2.45) is 0 Å². The predicted octanol–water partition coefficient (Wildman–Crippen LogP) is 2.19. The molecule has 1 aromatic heterocycles. The summed E-state index contributed by atoms with van der Waals surface area (Å²) in [5.74, 6) is 1.44. The number of aryl methyl sites for hydroxylation is 2. The Morgan fingerprint density at radius 1 is 1.39 bits per heavy atom. The highest BCUT2D eigenvalue weighted by Crippen LogP contribution is 2.26. The molecule has 0 saturated carbocycles. The topological polar surface area (TPSA) is 39.9 Å². The highest BCUT2D eigenvalue weighted by atomic mass is 35.5. The van der Waals surface area contributed by atoms with Gasteiger partial charge in [0.15, 0.2) is 0 Å². The summed E-state index contributed by atoms with van der Waals surface area (Å²) >= 11 is 5.69. The fourth-order valence-corrected chi connectivity index (χ4v) is 2.27. The number of hydrogen-bond acceptors (Lipinski definition) is 3. The van der Waals surface area contributed by atoms with Crippen molar-refractivity contribution in [2.75, 3.05) is 6.61 Å². The van der Waals surface area contributed by atoms with Gasteiger partial charge in [-0.15, -0.1) is 16.7 Å². The largest absolute Gasteiger partial charge is 0.493 e. The molecule has 3 rings (SSSR count). The van der Waals surface area contributed by atoms with E-state index >= 15 is 0 Å². The molecular formula is C13H14ClN3O. The zero-order valence-electron chi connectivity index (χ0n) is 9.97. The lowest BCUT2D eigenvalue weighted by Crippen LogP contribution is -2.02. The molecular weight excluding hydrogens is 250 g/mol. The van der Waals surface area contributed by atoms with Crippen LogP contribution in [0.4, 0.5) is 0 Å². The molecule has 0 spiro atoms. The number of ether oxygens (including phenoxy) is 1. The SMILES string of the molecule is ClCc1cn(CCc2ccc3c(c2)CCO3)nn1. The van der Waals surface area contributed by atoms with Crippen molar-refractivity contribution in [3.63, 3.8) is 0 Å². The van der Waals surface area contributed by atoms with Crippen molar-refractivity contribution in [2.45, 2.75) is 25.3 Å². The fourth-order valence-electron chi connectivity index (χ4n) is 2.15. The first kappa shape index (κ1) is 11.5. The fraction of sp³-hybridized carbons (Fsp3) is 0.385. The first-order valence-corrected chi connectivity index (χ1v) is 6.58. The second kappa shape index (κ2) is 4.98. The van der Waals surface area contributed by atoms with Crippen LogP contribution in [0.2, 0.25) is 0 Å². The predicted molar refractivity (Wildman–Crippen MR) is 68.9 cm³/mol. The molecule has 0 aliphatic carbocycles. The molecule has 0 N–H and O–H groups in total. The summed E-state index contributed by atoms with van der Waals surface area (Å²) in [5.41, 5.74) is 3.44. The van der Waals surface area contributed by atoms with Gasteiger partial charge in [0.2, 0.25) is 0 Å². The van der Waals surface area contributed by atoms with E-state index in [1.807, 2.05) is 10.9 Å². The third kappa shape index (κ3) is 2.34. The number of halogens is 1. The lowest BCUT2D eigenvalue weighted by atomic mass is 10.1. The van der Waals surface area contributed by atoms with Crippen LogP contribution in [0.5, 0.6) is 5.75 Å². The normalized spacial score (nSPS) is 13.4. The van der Waals surface area contributed by atoms with Crippen molar-refractivity contribution >= 4 is 11.6 Å². The van der Waals surface area contributed by atoms with Crippen molar-refractivity contribution in [1.29, 1.82) is 0 Å². The van der Waals surface area contributed by atoms with E-state index in [0.717, 1.165) is 37.4 Å². The van der Waals surface area contributed by atoms with Crippen LogP contribution in [0.3, 0.4) is 0 Å². The summed E-state index contributed by atoms with van der Waals surface area (Å²) in [6.45, 7) is 1.63. The molecule has 5 heteroatoms. The molecule has 1 aliphatic rings. The summed E-state index contributed by atoms with van der Waals surface area (Å²) in [6.07, 6.45) is 3.85. The summed E-state index contributed by atoms with van der Waals surface area (Å²) in [7, 11) is 0. The van der Waals surface area contributed by atoms with Gasteiger partial charge in [-0.25, -0.2) is 0 Å². The second-order valence-electron chi connectivity index (χ2n) is 4.40. The van der Waals surface area contributed by atoms with Crippen molar-refractivity contribution in [3.05, 3.63) is 41.2 Å². The number of fused-ring (bicyclic) bond motifs is 1. The van der Waals surface area contributed by atoms with Crippen LogP contribution in [-0.2, 0) is 25.3 Å². The maximum atomic E-state index is 5.69. The maximum absolute atomic E-state index is 5.69. The van der Waals surface area contributed by atoms with Crippen LogP contribution < -0.4 is 4.74 Å². The van der Waals surface area contributed by atoms with Gasteiger partial charge in [0.1, 0.15) is 5.75 Å². The zero-order chi connectivity index (χ0) is 12.4. The molecule has 0 amide bonds. The van der Waals surface area contributed by atoms with Crippen LogP contribution in [0, 0.1) is 0 Å². The number of rotatable bonds is 4. The number of alkyl halides is 1. The van der Waals surface area contributed by atoms with Crippen LogP contribution in [0.1, 0.15) is 16.8 Å². The van der Waals surface area contributed by atoms with E-state index in [4.69, 9.17) is 16.3 Å². The molecule has 1 aromatic carbocycles. The van der Waals surface area contributed by atoms with E-state index < -0.39 is 0 Å². The van der Waals surface area contributed by atoms with Crippen LogP contribution in [-0.4, -0.2) is 21.6 Å². The molecule has 0 bridgehead atoms. The van der Waals surface area contributed by atoms with Gasteiger partial charge in [-0.3, -0.25) is 4.68 Å². The van der Waals surface area contributed by atoms with Gasteiger partial charge in [-0.2, -0.15) is 0 Å². The molecule has 0 radical (unpaired) electrons. The van der Waals surface area contributed by atoms with E-state index in [1.54, 1.807) is 0 Å². The Balaban J connectivity index is 1.66. The van der Waals surface area contributed by atoms with E-state index in [0.29, 0.717) is 5.88 Å². The summed E-state index contributed by atoms with van der Waals surface area (Å²) in [5, 5.41) is 8.00. The van der Waals surface area contributed by atoms with Crippen LogP contribution in [0.15, 0.2) is 24.4 Å². The van der Waals surface area contributed by atoms with Crippen LogP contribution in [0.25, 0.3) is 0 Å². The van der Waals surface area contributed by atoms with E-state index in [9.17, 15) is 0 Å². The first-order valence-electron chi connectivity index (χ1n) is 6.05. The Hall–Kier alpha value is -1.55. The molecule has 0 saturated heterocycles. The molecule has 2 aromatic rings. The van der Waals surface area contributed by atoms with Crippen LogP contribution >= 0.6 is 11.6 Å². The number of aromatic nitrogens is 3. The molecule has 0 fully saturated rings. The second-order valence-corrected chi connectivity index (χ2v) is 4.66. The van der Waals surface area contributed by atoms with E-state index in [-0.39, 0.29) is 0 Å². The molecule has 1 aliphatic heterocycles. The van der Waals surface area contributed by atoms with Gasteiger partial charge in [0.05, 0.1) is 18.2 Å². The summed E-state index contributed by atoms with van der Waals surface area (Å²) in [4.78, 5) is 0. The number of nitrogens with zero attached hydrogens (tertiary/aromatic N) is 3. The lowest BCUT2D eigenvalue weighted by molar-refractivity contribution is 0.357. The number of hydrogen-bond donors (Lipinski definition) is 0. The first-order chi connectivity index (χ1) is 8.85. The Labute approximate surface area is 111 Å². The monoisotopic (exact) mass is 263 g/mol. The van der Waals surface area contributed by atoms with Gasteiger partial charge >= 0.3 is 0 Å². The minimum atomic E-state index is 0.413. The van der Waals surface area contributed by atoms with Crippen molar-refractivity contribution in [3.8, 4) is 5.75 Å². The molecule has 94 valence electrons. The Morgan fingerprint density at radius 3 is 3.17 bits per heavy atom. The molecule has 0 unspecified atom stereocenters. The highest BCUT2D eigenvalue weighted by molar-refractivity contribution is 6.16. The highest BCUT2D eigenvalue weighted by Gasteiger charge is 2.11. The van der Waals surface area contributed by atoms with Gasteiger partial charge in [0.25, 0.3) is 0 Å². The van der Waals surface area contributed by atoms with Gasteiger partial charge in [-0.05, 0) is 23.6 Å². The third-order valence-electron chi connectivity index (χ3n) is 3.11. The summed E-state index contributed by atoms with van der Waals surface area (Å²) in [6, 6.07) is 6.40. The number of benzene rings is 1. The average molecular weight is 264 g/mol. The molecule has 2 heterocycles. The van der Waals surface area contributed by atoms with Crippen molar-refractivity contribution < 1.29 is 4.74 Å². The quantitative estimate of drug-likeness (QED) is 0.794. The van der Waals surface area contributed by atoms with E-state index in [1.165, 1.54) is 11.1 Å². The molecule has 18 heavy (non-hydrogen) atoms. The average Bonchev–Trinajstić information content (AvgIpc) is 3.04. The maximum Gasteiger partial charge on any atom is 0.122 e. The van der Waals surface area contributed by atoms with Crippen molar-refractivity contribution in [1.82, 2.24) is 15.0 Å². The van der Waals surface area contributed by atoms with Gasteiger partial charge in [0, 0.05) is 19.2 Å². The zero-order valence-corrected chi connectivity index (χ0v) is 10.7. The standard InChI is InChI=1S/C13H14ClN3O/c14-8-12-9-17(16-15-12)5-3-10-1-2-13-11(7-10)4-6-18-13/h1-2,7,9H,3-6,8H2. The minimum Gasteiger partial charge on any atom is -0.493 e. The Kier molecular flexibility index (Phi) is 3.19. The summed E-state index contributed by atoms with van der Waals surface area (Å²) < 4.78 is 7.33. The Bertz CT molecular complexity index is 553. The molecule has 4 nitrogen and oxygen atoms in total. The van der Waals surface area contributed by atoms with E-state index in [2.05, 4.69) is 28.5 Å². The minimum absolute atomic E-state index is 0.413. The van der Waals surface area contributed by atoms with Gasteiger partial charge < -0.3 is 4.74 Å².